The molecule has 5 nitrogen and oxygen atoms in total. The lowest BCUT2D eigenvalue weighted by molar-refractivity contribution is -0.152. The number of alkyl halides is 3. The highest BCUT2D eigenvalue weighted by molar-refractivity contribution is 9.10. The Morgan fingerprint density at radius 1 is 1.25 bits per heavy atom. The molecule has 0 radical (unpaired) electrons. The summed E-state index contributed by atoms with van der Waals surface area (Å²) in [5.74, 6) is 0. The van der Waals surface area contributed by atoms with Gasteiger partial charge < -0.3 is 9.30 Å². The highest BCUT2D eigenvalue weighted by atomic mass is 79.9. The topological polar surface area (TPSA) is 56.1 Å². The highest BCUT2D eigenvalue weighted by Crippen LogP contribution is 2.38. The number of rotatable bonds is 6. The maximum Gasteiger partial charge on any atom is 0.408 e. The summed E-state index contributed by atoms with van der Waals surface area (Å²) in [6.07, 6.45) is -3.22. The standard InChI is InChI=1S/C18H25BrF3N3O2S/c1-16(2,3)28(26)24-14(18(20,21)22)12-9-25(10-17(4,5)27-6)15-11(12)7-8-13(19)23-15/h7-9,14,24H,10H2,1-6H3/t14-,28?/m0/s1. The Morgan fingerprint density at radius 3 is 2.36 bits per heavy atom. The molecular weight excluding hydrogens is 459 g/mol. The van der Waals surface area contributed by atoms with Crippen molar-refractivity contribution >= 4 is 37.9 Å². The molecule has 10 heteroatoms. The number of nitrogens with one attached hydrogen (secondary N) is 1. The lowest BCUT2D eigenvalue weighted by Gasteiger charge is -2.26. The second-order valence-corrected chi connectivity index (χ2v) is 11.0. The van der Waals surface area contributed by atoms with Gasteiger partial charge in [-0.1, -0.05) is 0 Å². The SMILES string of the molecule is COC(C)(C)Cn1cc([C@H](NS(=O)C(C)(C)C)C(F)(F)F)c2ccc(Br)nc21. The summed E-state index contributed by atoms with van der Waals surface area (Å²) in [4.78, 5) is 4.36. The fourth-order valence-electron chi connectivity index (χ4n) is 2.58. The van der Waals surface area contributed by atoms with Crippen LogP contribution in [-0.4, -0.2) is 37.4 Å². The number of hydrogen-bond donors (Lipinski definition) is 1. The van der Waals surface area contributed by atoms with Crippen LogP contribution in [0.2, 0.25) is 0 Å². The van der Waals surface area contributed by atoms with Crippen molar-refractivity contribution in [3.8, 4) is 0 Å². The molecule has 2 rings (SSSR count). The van der Waals surface area contributed by atoms with Crippen molar-refractivity contribution < 1.29 is 22.1 Å². The average Bonchev–Trinajstić information content (AvgIpc) is 2.87. The molecule has 2 atom stereocenters. The van der Waals surface area contributed by atoms with E-state index in [0.29, 0.717) is 22.2 Å². The summed E-state index contributed by atoms with van der Waals surface area (Å²) in [5.41, 5.74) is -0.234. The van der Waals surface area contributed by atoms with E-state index in [1.807, 2.05) is 13.8 Å². The summed E-state index contributed by atoms with van der Waals surface area (Å²) in [5, 5.41) is 0.343. The quantitative estimate of drug-likeness (QED) is 0.595. The first-order valence-corrected chi connectivity index (χ1v) is 10.6. The minimum absolute atomic E-state index is 0.0213. The van der Waals surface area contributed by atoms with Crippen molar-refractivity contribution in [2.75, 3.05) is 7.11 Å². The molecule has 0 fully saturated rings. The van der Waals surface area contributed by atoms with Gasteiger partial charge >= 0.3 is 6.18 Å². The molecule has 0 saturated heterocycles. The van der Waals surface area contributed by atoms with Gasteiger partial charge in [-0.3, -0.25) is 0 Å². The van der Waals surface area contributed by atoms with Gasteiger partial charge in [-0.25, -0.2) is 13.9 Å². The predicted octanol–water partition coefficient (Wildman–Crippen LogP) is 4.88. The molecule has 158 valence electrons. The summed E-state index contributed by atoms with van der Waals surface area (Å²) >= 11 is 3.27. The first-order chi connectivity index (χ1) is 12.7. The summed E-state index contributed by atoms with van der Waals surface area (Å²) in [6.45, 7) is 8.83. The molecule has 2 aromatic heterocycles. The summed E-state index contributed by atoms with van der Waals surface area (Å²) in [6, 6.07) is 1.08. The van der Waals surface area contributed by atoms with Crippen LogP contribution < -0.4 is 4.72 Å². The second kappa shape index (κ2) is 8.04. The zero-order valence-electron chi connectivity index (χ0n) is 16.6. The first kappa shape index (κ1) is 23.3. The third-order valence-electron chi connectivity index (χ3n) is 4.24. The Hall–Kier alpha value is -0.970. The highest BCUT2D eigenvalue weighted by Gasteiger charge is 2.44. The molecule has 28 heavy (non-hydrogen) atoms. The van der Waals surface area contributed by atoms with Gasteiger partial charge in [-0.2, -0.15) is 13.2 Å². The van der Waals surface area contributed by atoms with Crippen molar-refractivity contribution in [1.82, 2.24) is 14.3 Å². The fraction of sp³-hybridized carbons (Fsp3) is 0.611. The van der Waals surface area contributed by atoms with Crippen LogP contribution in [0.15, 0.2) is 22.9 Å². The molecule has 1 N–H and O–H groups in total. The van der Waals surface area contributed by atoms with Crippen molar-refractivity contribution in [2.45, 2.75) is 63.7 Å². The van der Waals surface area contributed by atoms with E-state index in [2.05, 4.69) is 25.6 Å². The zero-order valence-corrected chi connectivity index (χ0v) is 19.1. The summed E-state index contributed by atoms with van der Waals surface area (Å²) in [7, 11) is -0.363. The number of fused-ring (bicyclic) bond motifs is 1. The minimum Gasteiger partial charge on any atom is -0.377 e. The van der Waals surface area contributed by atoms with E-state index in [0.717, 1.165) is 0 Å². The molecule has 1 unspecified atom stereocenters. The maximum absolute atomic E-state index is 13.9. The van der Waals surface area contributed by atoms with Crippen LogP contribution in [0.5, 0.6) is 0 Å². The van der Waals surface area contributed by atoms with Crippen molar-refractivity contribution in [3.05, 3.63) is 28.5 Å². The lowest BCUT2D eigenvalue weighted by Crippen LogP contribution is -2.41. The normalized spacial score (nSPS) is 15.8. The molecular formula is C18H25BrF3N3O2S. The number of hydrogen-bond acceptors (Lipinski definition) is 3. The van der Waals surface area contributed by atoms with E-state index < -0.39 is 33.6 Å². The second-order valence-electron chi connectivity index (χ2n) is 8.15. The van der Waals surface area contributed by atoms with Crippen LogP contribution in [-0.2, 0) is 22.3 Å². The average molecular weight is 484 g/mol. The Balaban J connectivity index is 2.63. The van der Waals surface area contributed by atoms with E-state index >= 15 is 0 Å². The van der Waals surface area contributed by atoms with E-state index in [1.54, 1.807) is 44.6 Å². The molecule has 0 bridgehead atoms. The van der Waals surface area contributed by atoms with Crippen molar-refractivity contribution in [1.29, 1.82) is 0 Å². The number of halogens is 4. The minimum atomic E-state index is -4.64. The first-order valence-electron chi connectivity index (χ1n) is 8.61. The zero-order chi connectivity index (χ0) is 21.5. The monoisotopic (exact) mass is 483 g/mol. The van der Waals surface area contributed by atoms with Gasteiger partial charge in [-0.05, 0) is 62.7 Å². The van der Waals surface area contributed by atoms with Gasteiger partial charge in [0.25, 0.3) is 0 Å². The largest absolute Gasteiger partial charge is 0.408 e. The molecule has 0 spiro atoms. The van der Waals surface area contributed by atoms with Gasteiger partial charge in [0.15, 0.2) is 0 Å². The van der Waals surface area contributed by atoms with E-state index in [4.69, 9.17) is 4.74 Å². The van der Waals surface area contributed by atoms with E-state index in [9.17, 15) is 17.4 Å². The molecule has 0 amide bonds. The predicted molar refractivity (Wildman–Crippen MR) is 108 cm³/mol. The number of ether oxygens (including phenoxy) is 1. The molecule has 0 aliphatic heterocycles. The van der Waals surface area contributed by atoms with Crippen LogP contribution >= 0.6 is 15.9 Å². The van der Waals surface area contributed by atoms with Crippen molar-refractivity contribution in [2.24, 2.45) is 0 Å². The van der Waals surface area contributed by atoms with Crippen LogP contribution in [0.1, 0.15) is 46.2 Å². The molecule has 2 aromatic rings. The van der Waals surface area contributed by atoms with Gasteiger partial charge in [0.2, 0.25) is 0 Å². The Labute approximate surface area is 173 Å². The van der Waals surface area contributed by atoms with Gasteiger partial charge in [0.1, 0.15) is 16.3 Å². The Kier molecular flexibility index (Phi) is 6.70. The Morgan fingerprint density at radius 2 is 1.86 bits per heavy atom. The molecule has 0 aliphatic carbocycles. The Bertz CT molecular complexity index is 875. The maximum atomic E-state index is 13.9. The van der Waals surface area contributed by atoms with Crippen LogP contribution in [0.25, 0.3) is 11.0 Å². The third-order valence-corrected chi connectivity index (χ3v) is 6.25. The molecule has 0 aliphatic rings. The fourth-order valence-corrected chi connectivity index (χ4v) is 3.71. The lowest BCUT2D eigenvalue weighted by atomic mass is 10.1. The third kappa shape index (κ3) is 5.34. The van der Waals surface area contributed by atoms with Crippen LogP contribution in [0, 0.1) is 0 Å². The number of pyridine rings is 1. The van der Waals surface area contributed by atoms with Gasteiger partial charge in [0.05, 0.1) is 27.9 Å². The number of aromatic nitrogens is 2. The van der Waals surface area contributed by atoms with Gasteiger partial charge in [0, 0.05) is 24.3 Å². The molecule has 0 saturated carbocycles. The van der Waals surface area contributed by atoms with E-state index in [1.165, 1.54) is 6.20 Å². The van der Waals surface area contributed by atoms with Crippen LogP contribution in [0.3, 0.4) is 0 Å². The number of nitrogens with zero attached hydrogens (tertiary/aromatic N) is 2. The van der Waals surface area contributed by atoms with Gasteiger partial charge in [-0.15, -0.1) is 0 Å². The van der Waals surface area contributed by atoms with E-state index in [-0.39, 0.29) is 5.56 Å². The van der Waals surface area contributed by atoms with Crippen molar-refractivity contribution in [3.63, 3.8) is 0 Å². The molecule has 2 heterocycles. The number of methoxy groups -OCH3 is 1. The summed E-state index contributed by atoms with van der Waals surface area (Å²) < 4.78 is 63.2. The smallest absolute Gasteiger partial charge is 0.377 e. The van der Waals surface area contributed by atoms with Crippen LogP contribution in [0.4, 0.5) is 13.2 Å². The molecule has 0 aromatic carbocycles.